The van der Waals surface area contributed by atoms with E-state index in [2.05, 4.69) is 16.0 Å². The fourth-order valence-corrected chi connectivity index (χ4v) is 3.88. The first-order valence-electron chi connectivity index (χ1n) is 8.27. The van der Waals surface area contributed by atoms with Crippen molar-refractivity contribution in [3.63, 3.8) is 0 Å². The van der Waals surface area contributed by atoms with E-state index in [4.69, 9.17) is 5.73 Å². The van der Waals surface area contributed by atoms with Crippen LogP contribution >= 0.6 is 0 Å². The molecule has 1 saturated heterocycles. The van der Waals surface area contributed by atoms with Gasteiger partial charge in [-0.2, -0.15) is 0 Å². The first-order chi connectivity index (χ1) is 12.1. The number of benzene rings is 1. The predicted molar refractivity (Wildman–Crippen MR) is 91.5 cm³/mol. The number of nitrogens with zero attached hydrogens (tertiary/aromatic N) is 4. The van der Waals surface area contributed by atoms with Gasteiger partial charge in [-0.3, -0.25) is 9.59 Å². The molecule has 0 radical (unpaired) electrons. The fraction of sp³-hybridized carbons (Fsp3) is 0.333. The van der Waals surface area contributed by atoms with Crippen LogP contribution in [0.25, 0.3) is 0 Å². The van der Waals surface area contributed by atoms with E-state index in [0.717, 1.165) is 5.56 Å². The summed E-state index contributed by atoms with van der Waals surface area (Å²) in [6.07, 6.45) is 2.93. The van der Waals surface area contributed by atoms with Crippen LogP contribution in [-0.4, -0.2) is 50.7 Å². The van der Waals surface area contributed by atoms with Crippen molar-refractivity contribution < 1.29 is 9.59 Å². The molecule has 25 heavy (non-hydrogen) atoms. The molecule has 0 spiro atoms. The van der Waals surface area contributed by atoms with Crippen molar-refractivity contribution in [3.05, 3.63) is 53.5 Å². The molecule has 7 nitrogen and oxygen atoms in total. The van der Waals surface area contributed by atoms with Gasteiger partial charge in [0.25, 0.3) is 5.91 Å². The monoisotopic (exact) mass is 337 g/mol. The number of carbonyl (C=O) groups is 2. The maximum absolute atomic E-state index is 13.1. The van der Waals surface area contributed by atoms with Gasteiger partial charge >= 0.3 is 0 Å². The van der Waals surface area contributed by atoms with Crippen LogP contribution in [0.4, 0.5) is 5.82 Å². The maximum Gasteiger partial charge on any atom is 0.276 e. The van der Waals surface area contributed by atoms with Crippen molar-refractivity contribution in [1.82, 2.24) is 19.8 Å². The highest BCUT2D eigenvalue weighted by Gasteiger charge is 2.44. The van der Waals surface area contributed by atoms with Crippen LogP contribution in [0, 0.1) is 0 Å². The molecule has 0 saturated carbocycles. The Morgan fingerprint density at radius 2 is 1.92 bits per heavy atom. The van der Waals surface area contributed by atoms with Crippen molar-refractivity contribution in [1.29, 1.82) is 0 Å². The Hall–Kier alpha value is -2.96. The van der Waals surface area contributed by atoms with E-state index in [9.17, 15) is 9.59 Å². The summed E-state index contributed by atoms with van der Waals surface area (Å²) in [6, 6.07) is 8.02. The molecule has 0 bridgehead atoms. The van der Waals surface area contributed by atoms with Crippen molar-refractivity contribution in [3.8, 4) is 0 Å². The lowest BCUT2D eigenvalue weighted by Crippen LogP contribution is -2.47. The first kappa shape index (κ1) is 15.6. The quantitative estimate of drug-likeness (QED) is 0.839. The minimum Gasteiger partial charge on any atom is -0.382 e. The number of anilines is 1. The van der Waals surface area contributed by atoms with Crippen molar-refractivity contribution in [2.24, 2.45) is 0 Å². The number of aromatic nitrogens is 2. The zero-order chi connectivity index (χ0) is 17.6. The molecular formula is C18H19N5O2. The molecule has 0 unspecified atom stereocenters. The number of fused-ring (bicyclic) bond motifs is 3. The molecule has 1 aromatic carbocycles. The Balaban J connectivity index is 1.75. The van der Waals surface area contributed by atoms with E-state index in [0.29, 0.717) is 19.6 Å². The summed E-state index contributed by atoms with van der Waals surface area (Å²) in [5.41, 5.74) is 8.34. The second kappa shape index (κ2) is 5.84. The Morgan fingerprint density at radius 1 is 1.16 bits per heavy atom. The SMILES string of the molecule is CC(=O)N1C[C@H]2c3ccccc3CN(C(=O)c3nccnc3N)[C@H]2C1. The predicted octanol–water partition coefficient (Wildman–Crippen LogP) is 1.03. The summed E-state index contributed by atoms with van der Waals surface area (Å²) in [5, 5.41) is 0. The van der Waals surface area contributed by atoms with Gasteiger partial charge in [0, 0.05) is 44.9 Å². The standard InChI is InChI=1S/C18H19N5O2/c1-11(24)22-9-14-13-5-3-2-4-12(13)8-23(15(14)10-22)18(25)16-17(19)21-7-6-20-16/h2-7,14-15H,8-10H2,1H3,(H2,19,21)/t14-,15-/m0/s1. The van der Waals surface area contributed by atoms with Gasteiger partial charge in [0.15, 0.2) is 11.5 Å². The molecule has 2 amide bonds. The van der Waals surface area contributed by atoms with Crippen molar-refractivity contribution in [2.45, 2.75) is 25.4 Å². The number of rotatable bonds is 1. The lowest BCUT2D eigenvalue weighted by Gasteiger charge is -2.38. The molecule has 1 aromatic heterocycles. The number of amides is 2. The average Bonchev–Trinajstić information content (AvgIpc) is 3.07. The highest BCUT2D eigenvalue weighted by atomic mass is 16.2. The molecule has 3 heterocycles. The molecule has 2 aliphatic rings. The third-order valence-corrected chi connectivity index (χ3v) is 5.12. The Morgan fingerprint density at radius 3 is 2.68 bits per heavy atom. The molecule has 4 rings (SSSR count). The smallest absolute Gasteiger partial charge is 0.276 e. The van der Waals surface area contributed by atoms with Crippen molar-refractivity contribution >= 4 is 17.6 Å². The lowest BCUT2D eigenvalue weighted by atomic mass is 9.85. The minimum absolute atomic E-state index is 0.0262. The highest BCUT2D eigenvalue weighted by Crippen LogP contribution is 2.39. The van der Waals surface area contributed by atoms with Crippen LogP contribution in [0.1, 0.15) is 34.5 Å². The van der Waals surface area contributed by atoms with Crippen LogP contribution < -0.4 is 5.73 Å². The molecule has 2 aromatic rings. The van der Waals surface area contributed by atoms with E-state index in [1.54, 1.807) is 16.7 Å². The highest BCUT2D eigenvalue weighted by molar-refractivity contribution is 5.96. The van der Waals surface area contributed by atoms with Gasteiger partial charge in [-0.25, -0.2) is 9.97 Å². The Bertz CT molecular complexity index is 853. The number of hydrogen-bond donors (Lipinski definition) is 1. The zero-order valence-electron chi connectivity index (χ0n) is 13.9. The maximum atomic E-state index is 13.1. The van der Waals surface area contributed by atoms with E-state index in [-0.39, 0.29) is 35.3 Å². The topological polar surface area (TPSA) is 92.4 Å². The van der Waals surface area contributed by atoms with Gasteiger partial charge < -0.3 is 15.5 Å². The van der Waals surface area contributed by atoms with Crippen molar-refractivity contribution in [2.75, 3.05) is 18.8 Å². The number of carbonyl (C=O) groups excluding carboxylic acids is 2. The van der Waals surface area contributed by atoms with Gasteiger partial charge in [0.05, 0.1) is 6.04 Å². The summed E-state index contributed by atoms with van der Waals surface area (Å²) < 4.78 is 0. The molecule has 7 heteroatoms. The van der Waals surface area contributed by atoms with Gasteiger partial charge in [0.1, 0.15) is 0 Å². The van der Waals surface area contributed by atoms with Crippen LogP contribution in [0.3, 0.4) is 0 Å². The molecule has 1 fully saturated rings. The largest absolute Gasteiger partial charge is 0.382 e. The summed E-state index contributed by atoms with van der Waals surface area (Å²) in [7, 11) is 0. The lowest BCUT2D eigenvalue weighted by molar-refractivity contribution is -0.128. The fourth-order valence-electron chi connectivity index (χ4n) is 3.88. The Kier molecular flexibility index (Phi) is 3.63. The second-order valence-corrected chi connectivity index (χ2v) is 6.52. The van der Waals surface area contributed by atoms with E-state index in [1.165, 1.54) is 18.0 Å². The molecule has 2 atom stereocenters. The van der Waals surface area contributed by atoms with Crippen LogP contribution in [-0.2, 0) is 11.3 Å². The summed E-state index contributed by atoms with van der Waals surface area (Å²) in [6.45, 7) is 3.20. The molecule has 2 aliphatic heterocycles. The van der Waals surface area contributed by atoms with Gasteiger partial charge in [-0.15, -0.1) is 0 Å². The summed E-state index contributed by atoms with van der Waals surface area (Å²) >= 11 is 0. The minimum atomic E-state index is -0.236. The Labute approximate surface area is 145 Å². The van der Waals surface area contributed by atoms with E-state index < -0.39 is 0 Å². The first-order valence-corrected chi connectivity index (χ1v) is 8.27. The average molecular weight is 337 g/mol. The molecule has 0 aliphatic carbocycles. The van der Waals surface area contributed by atoms with Gasteiger partial charge in [-0.05, 0) is 11.1 Å². The van der Waals surface area contributed by atoms with E-state index >= 15 is 0 Å². The number of likely N-dealkylation sites (tertiary alicyclic amines) is 1. The zero-order valence-corrected chi connectivity index (χ0v) is 13.9. The van der Waals surface area contributed by atoms with Gasteiger partial charge in [0.2, 0.25) is 5.91 Å². The normalized spacial score (nSPS) is 21.6. The third-order valence-electron chi connectivity index (χ3n) is 5.12. The number of nitrogen functional groups attached to an aromatic ring is 1. The summed E-state index contributed by atoms with van der Waals surface area (Å²) in [5.74, 6) is 0.0267. The molecule has 128 valence electrons. The van der Waals surface area contributed by atoms with Crippen LogP contribution in [0.15, 0.2) is 36.7 Å². The molecular weight excluding hydrogens is 318 g/mol. The number of hydrogen-bond acceptors (Lipinski definition) is 5. The summed E-state index contributed by atoms with van der Waals surface area (Å²) in [4.78, 5) is 36.7. The number of nitrogens with two attached hydrogens (primary N) is 1. The van der Waals surface area contributed by atoms with Gasteiger partial charge in [-0.1, -0.05) is 24.3 Å². The van der Waals surface area contributed by atoms with E-state index in [1.807, 2.05) is 18.2 Å². The van der Waals surface area contributed by atoms with Crippen LogP contribution in [0.2, 0.25) is 0 Å². The van der Waals surface area contributed by atoms with Crippen LogP contribution in [0.5, 0.6) is 0 Å². The third kappa shape index (κ3) is 2.52. The molecule has 2 N–H and O–H groups in total. The second-order valence-electron chi connectivity index (χ2n) is 6.52.